The van der Waals surface area contributed by atoms with E-state index in [4.69, 9.17) is 11.6 Å². The van der Waals surface area contributed by atoms with Crippen LogP contribution < -0.4 is 5.32 Å². The zero-order chi connectivity index (χ0) is 19.7. The van der Waals surface area contributed by atoms with Crippen LogP contribution in [0.5, 0.6) is 0 Å². The van der Waals surface area contributed by atoms with Gasteiger partial charge in [0.25, 0.3) is 0 Å². The van der Waals surface area contributed by atoms with E-state index < -0.39 is 0 Å². The second-order valence-electron chi connectivity index (χ2n) is 6.18. The van der Waals surface area contributed by atoms with Crippen molar-refractivity contribution in [1.82, 2.24) is 19.6 Å². The Kier molecular flexibility index (Phi) is 5.53. The lowest BCUT2D eigenvalue weighted by Crippen LogP contribution is -2.12. The molecule has 1 N–H and O–H groups in total. The molecule has 0 saturated heterocycles. The molecule has 2 aromatic heterocycles. The summed E-state index contributed by atoms with van der Waals surface area (Å²) in [5, 5.41) is 12.1. The molecule has 8 heteroatoms. The van der Waals surface area contributed by atoms with Crippen LogP contribution in [-0.2, 0) is 18.9 Å². The summed E-state index contributed by atoms with van der Waals surface area (Å²) in [4.78, 5) is 12.5. The summed E-state index contributed by atoms with van der Waals surface area (Å²) >= 11 is 9.64. The topological polar surface area (TPSA) is 64.7 Å². The van der Waals surface area contributed by atoms with Gasteiger partial charge in [-0.2, -0.15) is 10.2 Å². The molecule has 0 bridgehead atoms. The molecule has 0 spiro atoms. The van der Waals surface area contributed by atoms with Crippen molar-refractivity contribution in [3.63, 3.8) is 0 Å². The fraction of sp³-hybridized carbons (Fsp3) is 0.211. The molecule has 0 aliphatic carbocycles. The van der Waals surface area contributed by atoms with E-state index in [0.29, 0.717) is 11.0 Å². The smallest absolute Gasteiger partial charge is 0.249 e. The molecule has 2 heterocycles. The highest BCUT2D eigenvalue weighted by molar-refractivity contribution is 9.10. The highest BCUT2D eigenvalue weighted by atomic mass is 79.9. The first-order chi connectivity index (χ1) is 12.8. The Hall–Kier alpha value is -2.38. The zero-order valence-corrected chi connectivity index (χ0v) is 17.8. The number of nitrogens with zero attached hydrogens (tertiary/aromatic N) is 4. The largest absolute Gasteiger partial charge is 0.307 e. The summed E-state index contributed by atoms with van der Waals surface area (Å²) in [6, 6.07) is 7.89. The third-order valence-electron chi connectivity index (χ3n) is 4.19. The van der Waals surface area contributed by atoms with E-state index in [9.17, 15) is 4.79 Å². The Balaban J connectivity index is 1.88. The number of halogens is 2. The van der Waals surface area contributed by atoms with Gasteiger partial charge in [0.2, 0.25) is 5.91 Å². The second kappa shape index (κ2) is 7.70. The fourth-order valence-corrected chi connectivity index (χ4v) is 3.42. The molecule has 0 radical (unpaired) electrons. The van der Waals surface area contributed by atoms with Crippen molar-refractivity contribution in [3.8, 4) is 11.1 Å². The lowest BCUT2D eigenvalue weighted by Gasteiger charge is -2.08. The number of benzene rings is 1. The number of rotatable bonds is 4. The Morgan fingerprint density at radius 2 is 1.74 bits per heavy atom. The maximum absolute atomic E-state index is 12.5. The molecule has 27 heavy (non-hydrogen) atoms. The maximum Gasteiger partial charge on any atom is 0.249 e. The van der Waals surface area contributed by atoms with Gasteiger partial charge in [-0.15, -0.1) is 0 Å². The number of hydrogen-bond acceptors (Lipinski definition) is 3. The number of anilines is 1. The third-order valence-corrected chi connectivity index (χ3v) is 5.17. The molecule has 0 unspecified atom stereocenters. The Bertz CT molecular complexity index is 1030. The number of amides is 1. The van der Waals surface area contributed by atoms with Gasteiger partial charge in [0.1, 0.15) is 11.0 Å². The van der Waals surface area contributed by atoms with E-state index in [1.165, 1.54) is 6.08 Å². The zero-order valence-electron chi connectivity index (χ0n) is 15.4. The van der Waals surface area contributed by atoms with Crippen LogP contribution in [0.15, 0.2) is 34.8 Å². The average Bonchev–Trinajstić information content (AvgIpc) is 3.02. The summed E-state index contributed by atoms with van der Waals surface area (Å²) in [5.41, 5.74) is 4.20. The van der Waals surface area contributed by atoms with Crippen LogP contribution in [0.2, 0.25) is 5.15 Å². The van der Waals surface area contributed by atoms with Crippen LogP contribution in [0.1, 0.15) is 17.0 Å². The predicted molar refractivity (Wildman–Crippen MR) is 112 cm³/mol. The molecule has 0 fully saturated rings. The summed E-state index contributed by atoms with van der Waals surface area (Å²) in [6.45, 7) is 3.77. The standard InChI is InChI=1S/C19H19BrClN5O/c1-11-15(18(21)25(3)23-11)9-10-16(27)22-19-17(12(2)24-26(19)4)13-5-7-14(20)8-6-13/h5-10H,1-4H3,(H,22,27). The summed E-state index contributed by atoms with van der Waals surface area (Å²) in [6.07, 6.45) is 3.12. The Morgan fingerprint density at radius 3 is 2.33 bits per heavy atom. The molecule has 0 aliphatic heterocycles. The Labute approximate surface area is 171 Å². The van der Waals surface area contributed by atoms with Crippen LogP contribution in [0, 0.1) is 13.8 Å². The van der Waals surface area contributed by atoms with Crippen LogP contribution in [-0.4, -0.2) is 25.5 Å². The summed E-state index contributed by atoms with van der Waals surface area (Å²) < 4.78 is 4.23. The molecule has 3 aromatic rings. The van der Waals surface area contributed by atoms with Crippen molar-refractivity contribution < 1.29 is 4.79 Å². The number of hydrogen-bond donors (Lipinski definition) is 1. The molecule has 1 amide bonds. The van der Waals surface area contributed by atoms with E-state index in [1.807, 2.05) is 38.1 Å². The van der Waals surface area contributed by atoms with Crippen molar-refractivity contribution in [1.29, 1.82) is 0 Å². The van der Waals surface area contributed by atoms with E-state index in [2.05, 4.69) is 31.4 Å². The molecular weight excluding hydrogens is 430 g/mol. The quantitative estimate of drug-likeness (QED) is 0.597. The molecular formula is C19H19BrClN5O. The van der Waals surface area contributed by atoms with Crippen molar-refractivity contribution in [2.75, 3.05) is 5.32 Å². The SMILES string of the molecule is Cc1nn(C)c(Cl)c1C=CC(=O)Nc1c(-c2ccc(Br)cc2)c(C)nn1C. The molecule has 3 rings (SSSR count). The van der Waals surface area contributed by atoms with Gasteiger partial charge >= 0.3 is 0 Å². The minimum atomic E-state index is -0.268. The van der Waals surface area contributed by atoms with Crippen LogP contribution >= 0.6 is 27.5 Å². The van der Waals surface area contributed by atoms with Gasteiger partial charge in [-0.05, 0) is 37.6 Å². The van der Waals surface area contributed by atoms with Gasteiger partial charge in [-0.25, -0.2) is 0 Å². The third kappa shape index (κ3) is 3.99. The lowest BCUT2D eigenvalue weighted by molar-refractivity contribution is -0.111. The van der Waals surface area contributed by atoms with Gasteiger partial charge < -0.3 is 5.32 Å². The molecule has 6 nitrogen and oxygen atoms in total. The summed E-state index contributed by atoms with van der Waals surface area (Å²) in [7, 11) is 3.56. The first-order valence-corrected chi connectivity index (χ1v) is 9.42. The second-order valence-corrected chi connectivity index (χ2v) is 7.45. The maximum atomic E-state index is 12.5. The van der Waals surface area contributed by atoms with Gasteiger partial charge in [0.15, 0.2) is 0 Å². The highest BCUT2D eigenvalue weighted by Gasteiger charge is 2.17. The molecule has 0 atom stereocenters. The lowest BCUT2D eigenvalue weighted by atomic mass is 10.1. The van der Waals surface area contributed by atoms with Crippen LogP contribution in [0.4, 0.5) is 5.82 Å². The number of carbonyl (C=O) groups is 1. The van der Waals surface area contributed by atoms with Crippen molar-refractivity contribution in [2.45, 2.75) is 13.8 Å². The fourth-order valence-electron chi connectivity index (χ4n) is 2.92. The van der Waals surface area contributed by atoms with Gasteiger partial charge in [0, 0.05) is 35.8 Å². The number of aromatic nitrogens is 4. The monoisotopic (exact) mass is 447 g/mol. The van der Waals surface area contributed by atoms with E-state index in [-0.39, 0.29) is 5.91 Å². The molecule has 140 valence electrons. The first-order valence-electron chi connectivity index (χ1n) is 8.25. The van der Waals surface area contributed by atoms with Crippen molar-refractivity contribution in [3.05, 3.63) is 56.9 Å². The molecule has 0 aliphatic rings. The number of carbonyl (C=O) groups excluding carboxylic acids is 1. The first kappa shape index (κ1) is 19.4. The summed E-state index contributed by atoms with van der Waals surface area (Å²) in [5.74, 6) is 0.370. The van der Waals surface area contributed by atoms with E-state index in [1.54, 1.807) is 29.5 Å². The van der Waals surface area contributed by atoms with Crippen molar-refractivity contribution in [2.24, 2.45) is 14.1 Å². The molecule has 0 saturated carbocycles. The van der Waals surface area contributed by atoms with Crippen LogP contribution in [0.25, 0.3) is 17.2 Å². The average molecular weight is 449 g/mol. The van der Waals surface area contributed by atoms with Gasteiger partial charge in [0.05, 0.1) is 11.4 Å². The minimum absolute atomic E-state index is 0.268. The predicted octanol–water partition coefficient (Wildman–Crippen LogP) is 4.51. The normalized spacial score (nSPS) is 11.3. The van der Waals surface area contributed by atoms with Crippen LogP contribution in [0.3, 0.4) is 0 Å². The number of aryl methyl sites for hydroxylation is 4. The van der Waals surface area contributed by atoms with E-state index in [0.717, 1.165) is 32.6 Å². The highest BCUT2D eigenvalue weighted by Crippen LogP contribution is 2.32. The number of nitrogens with one attached hydrogen (secondary N) is 1. The van der Waals surface area contributed by atoms with E-state index >= 15 is 0 Å². The Morgan fingerprint density at radius 1 is 1.11 bits per heavy atom. The van der Waals surface area contributed by atoms with Gasteiger partial charge in [-0.1, -0.05) is 39.7 Å². The van der Waals surface area contributed by atoms with Gasteiger partial charge in [-0.3, -0.25) is 14.2 Å². The van der Waals surface area contributed by atoms with Crippen molar-refractivity contribution >= 4 is 45.3 Å². The minimum Gasteiger partial charge on any atom is -0.307 e. The molecule has 1 aromatic carbocycles.